The molecule has 104 valence electrons. The summed E-state index contributed by atoms with van der Waals surface area (Å²) in [7, 11) is 0. The van der Waals surface area contributed by atoms with Crippen LogP contribution in [0.3, 0.4) is 0 Å². The molecule has 1 aromatic carbocycles. The number of hydrogen-bond donors (Lipinski definition) is 2. The molecule has 0 spiro atoms. The van der Waals surface area contributed by atoms with Gasteiger partial charge in [0.2, 0.25) is 5.91 Å². The Labute approximate surface area is 118 Å². The standard InChI is InChI=1S/C14H19ClN2O2/c15-11-3-1-10(2-4-11)9-13(16)14(19)17-7-5-12(18)6-8-17/h1-4,12-13,18H,5-9,16H2. The molecule has 0 radical (unpaired) electrons. The third-order valence-corrected chi connectivity index (χ3v) is 3.71. The van der Waals surface area contributed by atoms with Crippen molar-refractivity contribution in [3.8, 4) is 0 Å². The lowest BCUT2D eigenvalue weighted by molar-refractivity contribution is -0.134. The molecule has 5 heteroatoms. The van der Waals surface area contributed by atoms with Crippen LogP contribution < -0.4 is 5.73 Å². The highest BCUT2D eigenvalue weighted by Gasteiger charge is 2.25. The second-order valence-electron chi connectivity index (χ2n) is 4.99. The van der Waals surface area contributed by atoms with Gasteiger partial charge in [-0.1, -0.05) is 23.7 Å². The Morgan fingerprint density at radius 2 is 1.95 bits per heavy atom. The Balaban J connectivity index is 1.90. The number of benzene rings is 1. The van der Waals surface area contributed by atoms with Gasteiger partial charge in [0.1, 0.15) is 0 Å². The Kier molecular flexibility index (Phi) is 4.80. The highest BCUT2D eigenvalue weighted by Crippen LogP contribution is 2.14. The summed E-state index contributed by atoms with van der Waals surface area (Å²) in [6, 6.07) is 6.83. The van der Waals surface area contributed by atoms with E-state index in [1.165, 1.54) is 0 Å². The molecule has 0 saturated carbocycles. The lowest BCUT2D eigenvalue weighted by Gasteiger charge is -2.31. The highest BCUT2D eigenvalue weighted by molar-refractivity contribution is 6.30. The van der Waals surface area contributed by atoms with Gasteiger partial charge in [-0.3, -0.25) is 4.79 Å². The molecule has 4 nitrogen and oxygen atoms in total. The van der Waals surface area contributed by atoms with Gasteiger partial charge < -0.3 is 15.7 Å². The van der Waals surface area contributed by atoms with Crippen LogP contribution in [0.5, 0.6) is 0 Å². The van der Waals surface area contributed by atoms with Crippen LogP contribution in [0.25, 0.3) is 0 Å². The summed E-state index contributed by atoms with van der Waals surface area (Å²) >= 11 is 5.82. The van der Waals surface area contributed by atoms with Gasteiger partial charge in [-0.05, 0) is 37.0 Å². The molecule has 1 atom stereocenters. The molecule has 1 aliphatic rings. The number of likely N-dealkylation sites (tertiary alicyclic amines) is 1. The van der Waals surface area contributed by atoms with Crippen LogP contribution in [0.2, 0.25) is 5.02 Å². The number of piperidine rings is 1. The minimum Gasteiger partial charge on any atom is -0.393 e. The van der Waals surface area contributed by atoms with Crippen molar-refractivity contribution in [1.82, 2.24) is 4.90 Å². The van der Waals surface area contributed by atoms with Crippen molar-refractivity contribution in [3.05, 3.63) is 34.9 Å². The first-order valence-corrected chi connectivity index (χ1v) is 6.91. The second-order valence-corrected chi connectivity index (χ2v) is 5.43. The third kappa shape index (κ3) is 3.93. The lowest BCUT2D eigenvalue weighted by Crippen LogP contribution is -2.48. The minimum absolute atomic E-state index is 0.0400. The monoisotopic (exact) mass is 282 g/mol. The van der Waals surface area contributed by atoms with E-state index in [0.717, 1.165) is 5.56 Å². The van der Waals surface area contributed by atoms with Crippen LogP contribution in [0.15, 0.2) is 24.3 Å². The number of carbonyl (C=O) groups is 1. The number of nitrogens with two attached hydrogens (primary N) is 1. The van der Waals surface area contributed by atoms with Gasteiger partial charge in [0.05, 0.1) is 12.1 Å². The number of aliphatic hydroxyl groups excluding tert-OH is 1. The molecule has 3 N–H and O–H groups in total. The number of rotatable bonds is 3. The largest absolute Gasteiger partial charge is 0.393 e. The molecular weight excluding hydrogens is 264 g/mol. The molecule has 19 heavy (non-hydrogen) atoms. The fraction of sp³-hybridized carbons (Fsp3) is 0.500. The van der Waals surface area contributed by atoms with Gasteiger partial charge in [-0.25, -0.2) is 0 Å². The average Bonchev–Trinajstić information content (AvgIpc) is 2.41. The molecule has 0 aromatic heterocycles. The van der Waals surface area contributed by atoms with Crippen LogP contribution in [0.4, 0.5) is 0 Å². The number of halogens is 1. The highest BCUT2D eigenvalue weighted by atomic mass is 35.5. The average molecular weight is 283 g/mol. The van der Waals surface area contributed by atoms with Crippen LogP contribution in [-0.4, -0.2) is 41.1 Å². The quantitative estimate of drug-likeness (QED) is 0.875. The maximum atomic E-state index is 12.2. The predicted octanol–water partition coefficient (Wildman–Crippen LogP) is 1.19. The molecule has 2 rings (SSSR count). The van der Waals surface area contributed by atoms with Gasteiger partial charge in [-0.2, -0.15) is 0 Å². The summed E-state index contributed by atoms with van der Waals surface area (Å²) in [5.74, 6) is -0.0400. The summed E-state index contributed by atoms with van der Waals surface area (Å²) in [5.41, 5.74) is 6.97. The lowest BCUT2D eigenvalue weighted by atomic mass is 10.0. The fourth-order valence-corrected chi connectivity index (χ4v) is 2.41. The minimum atomic E-state index is -0.531. The summed E-state index contributed by atoms with van der Waals surface area (Å²) in [4.78, 5) is 13.9. The molecule has 1 aromatic rings. The van der Waals surface area contributed by atoms with Gasteiger partial charge in [0.25, 0.3) is 0 Å². The molecule has 1 unspecified atom stereocenters. The zero-order chi connectivity index (χ0) is 13.8. The van der Waals surface area contributed by atoms with E-state index in [0.29, 0.717) is 37.4 Å². The molecule has 1 heterocycles. The van der Waals surface area contributed by atoms with Crippen molar-refractivity contribution >= 4 is 17.5 Å². The maximum Gasteiger partial charge on any atom is 0.239 e. The van der Waals surface area contributed by atoms with E-state index in [1.54, 1.807) is 17.0 Å². The maximum absolute atomic E-state index is 12.2. The zero-order valence-electron chi connectivity index (χ0n) is 10.8. The molecule has 0 aliphatic carbocycles. The predicted molar refractivity (Wildman–Crippen MR) is 75.0 cm³/mol. The van der Waals surface area contributed by atoms with Crippen LogP contribution >= 0.6 is 11.6 Å². The van der Waals surface area contributed by atoms with Gasteiger partial charge in [0, 0.05) is 18.1 Å². The van der Waals surface area contributed by atoms with Crippen molar-refractivity contribution < 1.29 is 9.90 Å². The summed E-state index contributed by atoms with van der Waals surface area (Å²) in [6.45, 7) is 1.18. The smallest absolute Gasteiger partial charge is 0.239 e. The Morgan fingerprint density at radius 1 is 1.37 bits per heavy atom. The van der Waals surface area contributed by atoms with Crippen LogP contribution in [0, 0.1) is 0 Å². The van der Waals surface area contributed by atoms with Crippen molar-refractivity contribution in [2.24, 2.45) is 5.73 Å². The zero-order valence-corrected chi connectivity index (χ0v) is 11.5. The van der Waals surface area contributed by atoms with Crippen molar-refractivity contribution in [3.63, 3.8) is 0 Å². The Hall–Kier alpha value is -1.10. The Morgan fingerprint density at radius 3 is 2.53 bits per heavy atom. The number of carbonyl (C=O) groups excluding carboxylic acids is 1. The first-order valence-electron chi connectivity index (χ1n) is 6.53. The molecule has 1 aliphatic heterocycles. The number of amides is 1. The van der Waals surface area contributed by atoms with Gasteiger partial charge in [-0.15, -0.1) is 0 Å². The summed E-state index contributed by atoms with van der Waals surface area (Å²) in [5, 5.41) is 10.1. The molecule has 0 bridgehead atoms. The number of nitrogens with zero attached hydrogens (tertiary/aromatic N) is 1. The van der Waals surface area contributed by atoms with Gasteiger partial charge >= 0.3 is 0 Å². The summed E-state index contributed by atoms with van der Waals surface area (Å²) in [6.07, 6.45) is 1.50. The first-order chi connectivity index (χ1) is 9.06. The van der Waals surface area contributed by atoms with E-state index < -0.39 is 6.04 Å². The third-order valence-electron chi connectivity index (χ3n) is 3.46. The topological polar surface area (TPSA) is 66.6 Å². The SMILES string of the molecule is NC(Cc1ccc(Cl)cc1)C(=O)N1CCC(O)CC1. The van der Waals surface area contributed by atoms with Crippen molar-refractivity contribution in [2.75, 3.05) is 13.1 Å². The molecule has 1 saturated heterocycles. The van der Waals surface area contributed by atoms with E-state index in [4.69, 9.17) is 17.3 Å². The second kappa shape index (κ2) is 6.37. The normalized spacial score (nSPS) is 18.4. The van der Waals surface area contributed by atoms with E-state index in [9.17, 15) is 9.90 Å². The van der Waals surface area contributed by atoms with Crippen LogP contribution in [-0.2, 0) is 11.2 Å². The number of aliphatic hydroxyl groups is 1. The Bertz CT molecular complexity index is 428. The molecule has 1 fully saturated rings. The summed E-state index contributed by atoms with van der Waals surface area (Å²) < 4.78 is 0. The molecular formula is C14H19ClN2O2. The van der Waals surface area contributed by atoms with Crippen molar-refractivity contribution in [2.45, 2.75) is 31.4 Å². The van der Waals surface area contributed by atoms with E-state index in [2.05, 4.69) is 0 Å². The van der Waals surface area contributed by atoms with Crippen molar-refractivity contribution in [1.29, 1.82) is 0 Å². The first kappa shape index (κ1) is 14.3. The number of hydrogen-bond acceptors (Lipinski definition) is 3. The fourth-order valence-electron chi connectivity index (χ4n) is 2.28. The van der Waals surface area contributed by atoms with E-state index >= 15 is 0 Å². The van der Waals surface area contributed by atoms with Gasteiger partial charge in [0.15, 0.2) is 0 Å². The van der Waals surface area contributed by atoms with Crippen LogP contribution in [0.1, 0.15) is 18.4 Å². The molecule has 1 amide bonds. The van der Waals surface area contributed by atoms with E-state index in [1.807, 2.05) is 12.1 Å². The van der Waals surface area contributed by atoms with E-state index in [-0.39, 0.29) is 12.0 Å².